The van der Waals surface area contributed by atoms with Crippen molar-refractivity contribution >= 4 is 6.16 Å². The molecule has 4 unspecified atom stereocenters. The average molecular weight is 427 g/mol. The van der Waals surface area contributed by atoms with Crippen molar-refractivity contribution in [3.05, 3.63) is 41.5 Å². The molecule has 6 atom stereocenters. The summed E-state index contributed by atoms with van der Waals surface area (Å²) in [7, 11) is 1.30. The van der Waals surface area contributed by atoms with Crippen LogP contribution in [0.15, 0.2) is 30.4 Å². The number of para-hydroxylation sites is 1. The zero-order valence-electron chi connectivity index (χ0n) is 19.0. The molecule has 1 heterocycles. The van der Waals surface area contributed by atoms with Gasteiger partial charge in [0.05, 0.1) is 13.2 Å². The van der Waals surface area contributed by atoms with Crippen LogP contribution in [-0.4, -0.2) is 36.7 Å². The fraction of sp³-hybridized carbons (Fsp3) is 0.577. The average Bonchev–Trinajstić information content (AvgIpc) is 3.28. The van der Waals surface area contributed by atoms with Crippen molar-refractivity contribution in [3.8, 4) is 17.6 Å². The predicted molar refractivity (Wildman–Crippen MR) is 120 cm³/mol. The summed E-state index contributed by atoms with van der Waals surface area (Å²) in [4.78, 5) is 11.7. The molecule has 1 aliphatic carbocycles. The van der Waals surface area contributed by atoms with E-state index in [0.29, 0.717) is 12.8 Å². The Morgan fingerprint density at radius 2 is 2.23 bits per heavy atom. The molecule has 0 saturated heterocycles. The van der Waals surface area contributed by atoms with Gasteiger partial charge in [0, 0.05) is 36.2 Å². The molecular formula is C26H34O5. The second kappa shape index (κ2) is 10.7. The third kappa shape index (κ3) is 5.25. The fourth-order valence-electron chi connectivity index (χ4n) is 4.65. The van der Waals surface area contributed by atoms with E-state index >= 15 is 0 Å². The van der Waals surface area contributed by atoms with Crippen molar-refractivity contribution < 1.29 is 24.1 Å². The molecule has 5 nitrogen and oxygen atoms in total. The monoisotopic (exact) mass is 426 g/mol. The summed E-state index contributed by atoms with van der Waals surface area (Å²) in [6.07, 6.45) is 6.65. The van der Waals surface area contributed by atoms with E-state index in [1.165, 1.54) is 18.2 Å². The number of aryl methyl sites for hydroxylation is 1. The largest absolute Gasteiger partial charge is 0.508 e. The molecule has 1 fully saturated rings. The minimum atomic E-state index is -0.717. The predicted octanol–water partition coefficient (Wildman–Crippen LogP) is 5.01. The molecule has 168 valence electrons. The van der Waals surface area contributed by atoms with Gasteiger partial charge in [0.2, 0.25) is 0 Å². The number of unbranched alkanes of at least 4 members (excludes halogenated alkanes) is 1. The number of aliphatic hydroxyl groups excluding tert-OH is 1. The molecule has 0 aromatic heterocycles. The van der Waals surface area contributed by atoms with Crippen LogP contribution in [-0.2, 0) is 15.9 Å². The van der Waals surface area contributed by atoms with E-state index in [4.69, 9.17) is 9.47 Å². The lowest BCUT2D eigenvalue weighted by molar-refractivity contribution is 0.0357. The number of fused-ring (bicyclic) bond motifs is 3. The van der Waals surface area contributed by atoms with Crippen molar-refractivity contribution in [3.63, 3.8) is 0 Å². The van der Waals surface area contributed by atoms with Gasteiger partial charge in [0.25, 0.3) is 0 Å². The molecule has 1 saturated carbocycles. The molecule has 1 aliphatic heterocycles. The highest BCUT2D eigenvalue weighted by atomic mass is 16.7. The molecule has 1 N–H and O–H groups in total. The first-order valence-corrected chi connectivity index (χ1v) is 11.3. The minimum Gasteiger partial charge on any atom is -0.489 e. The van der Waals surface area contributed by atoms with Gasteiger partial charge in [-0.1, -0.05) is 44.5 Å². The van der Waals surface area contributed by atoms with E-state index in [-0.39, 0.29) is 23.9 Å². The Bertz CT molecular complexity index is 849. The smallest absolute Gasteiger partial charge is 0.489 e. The van der Waals surface area contributed by atoms with Crippen molar-refractivity contribution in [2.24, 2.45) is 11.8 Å². The van der Waals surface area contributed by atoms with E-state index in [0.717, 1.165) is 25.0 Å². The van der Waals surface area contributed by atoms with Gasteiger partial charge in [-0.15, -0.1) is 11.8 Å². The topological polar surface area (TPSA) is 65.0 Å². The standard InChI is InChI=1S/C26H34O5/c1-5-7-10-17(3)22(31-26(28)29-4)15-14-19-21(27)16-23-24(19)20-13-9-12-18(11-8-6-2)25(20)30-23/h9,12-15,17,19,21-24,27H,6,8,10-11,16H2,1-4H3/b15-14+/t17-,19?,21+,22?,23?,24?/m0/s1. The van der Waals surface area contributed by atoms with Gasteiger partial charge >= 0.3 is 6.16 Å². The van der Waals surface area contributed by atoms with Gasteiger partial charge < -0.3 is 19.3 Å². The number of carbonyl (C=O) groups excluding carboxylic acids is 1. The lowest BCUT2D eigenvalue weighted by atomic mass is 9.86. The number of carbonyl (C=O) groups is 1. The third-order valence-corrected chi connectivity index (χ3v) is 6.37. The van der Waals surface area contributed by atoms with E-state index in [1.807, 2.05) is 19.1 Å². The maximum atomic E-state index is 11.7. The van der Waals surface area contributed by atoms with E-state index < -0.39 is 18.4 Å². The number of ether oxygens (including phenoxy) is 3. The quantitative estimate of drug-likeness (QED) is 0.360. The SMILES string of the molecule is CC#CC[C@H](C)C(/C=C/C1C2c3cccc(CCCC)c3OC2C[C@H]1O)OC(=O)OC. The molecule has 31 heavy (non-hydrogen) atoms. The normalized spacial score (nSPS) is 25.7. The Morgan fingerprint density at radius 1 is 1.42 bits per heavy atom. The highest BCUT2D eigenvalue weighted by molar-refractivity contribution is 5.60. The van der Waals surface area contributed by atoms with Gasteiger partial charge in [-0.2, -0.15) is 0 Å². The summed E-state index contributed by atoms with van der Waals surface area (Å²) in [6.45, 7) is 5.97. The first-order chi connectivity index (χ1) is 15.0. The van der Waals surface area contributed by atoms with Crippen molar-refractivity contribution in [2.75, 3.05) is 7.11 Å². The zero-order chi connectivity index (χ0) is 22.4. The Labute approximate surface area is 185 Å². The van der Waals surface area contributed by atoms with Crippen LogP contribution in [0.25, 0.3) is 0 Å². The number of hydrogen-bond acceptors (Lipinski definition) is 5. The van der Waals surface area contributed by atoms with Crippen LogP contribution in [0.3, 0.4) is 0 Å². The molecule has 0 amide bonds. The Kier molecular flexibility index (Phi) is 8.03. The molecule has 1 aromatic carbocycles. The Balaban J connectivity index is 1.82. The van der Waals surface area contributed by atoms with Gasteiger partial charge in [-0.25, -0.2) is 4.79 Å². The van der Waals surface area contributed by atoms with Crippen LogP contribution in [0.1, 0.15) is 63.5 Å². The highest BCUT2D eigenvalue weighted by Gasteiger charge is 2.49. The second-order valence-electron chi connectivity index (χ2n) is 8.53. The number of benzene rings is 1. The molecule has 0 radical (unpaired) electrons. The number of rotatable bonds is 8. The summed E-state index contributed by atoms with van der Waals surface area (Å²) >= 11 is 0. The maximum Gasteiger partial charge on any atom is 0.508 e. The maximum absolute atomic E-state index is 11.7. The minimum absolute atomic E-state index is 0.00454. The van der Waals surface area contributed by atoms with Gasteiger partial charge in [-0.05, 0) is 31.4 Å². The zero-order valence-corrected chi connectivity index (χ0v) is 19.0. The van der Waals surface area contributed by atoms with Crippen LogP contribution >= 0.6 is 0 Å². The molecule has 2 aliphatic rings. The number of aliphatic hydroxyl groups is 1. The lowest BCUT2D eigenvalue weighted by Gasteiger charge is -2.21. The summed E-state index contributed by atoms with van der Waals surface area (Å²) in [5, 5.41) is 10.8. The molecular weight excluding hydrogens is 392 g/mol. The molecule has 1 aromatic rings. The molecule has 3 rings (SSSR count). The molecule has 5 heteroatoms. The van der Waals surface area contributed by atoms with Crippen molar-refractivity contribution in [1.82, 2.24) is 0 Å². The Hall–Kier alpha value is -2.45. The van der Waals surface area contributed by atoms with E-state index in [1.54, 1.807) is 6.92 Å². The van der Waals surface area contributed by atoms with Crippen molar-refractivity contribution in [2.45, 2.75) is 77.1 Å². The third-order valence-electron chi connectivity index (χ3n) is 6.37. The fourth-order valence-corrected chi connectivity index (χ4v) is 4.65. The number of hydrogen-bond donors (Lipinski definition) is 1. The first kappa shape index (κ1) is 23.2. The second-order valence-corrected chi connectivity index (χ2v) is 8.53. The summed E-state index contributed by atoms with van der Waals surface area (Å²) in [5.74, 6) is 6.94. The van der Waals surface area contributed by atoms with Crippen LogP contribution in [0.5, 0.6) is 5.75 Å². The van der Waals surface area contributed by atoms with Crippen LogP contribution in [0.4, 0.5) is 4.79 Å². The summed E-state index contributed by atoms with van der Waals surface area (Å²) in [5.41, 5.74) is 2.43. The number of methoxy groups -OCH3 is 1. The molecule has 0 spiro atoms. The van der Waals surface area contributed by atoms with Gasteiger partial charge in [0.1, 0.15) is 18.0 Å². The van der Waals surface area contributed by atoms with Crippen LogP contribution in [0.2, 0.25) is 0 Å². The molecule has 0 bridgehead atoms. The Morgan fingerprint density at radius 3 is 2.94 bits per heavy atom. The summed E-state index contributed by atoms with van der Waals surface area (Å²) < 4.78 is 16.5. The first-order valence-electron chi connectivity index (χ1n) is 11.3. The van der Waals surface area contributed by atoms with Gasteiger partial charge in [0.15, 0.2) is 0 Å². The van der Waals surface area contributed by atoms with E-state index in [9.17, 15) is 9.90 Å². The van der Waals surface area contributed by atoms with Crippen molar-refractivity contribution in [1.29, 1.82) is 0 Å². The van der Waals surface area contributed by atoms with Gasteiger partial charge in [-0.3, -0.25) is 0 Å². The summed E-state index contributed by atoms with van der Waals surface area (Å²) in [6, 6.07) is 6.36. The highest BCUT2D eigenvalue weighted by Crippen LogP contribution is 2.52. The van der Waals surface area contributed by atoms with Crippen LogP contribution < -0.4 is 4.74 Å². The lowest BCUT2D eigenvalue weighted by Crippen LogP contribution is -2.24. The van der Waals surface area contributed by atoms with E-state index in [2.05, 4.69) is 41.7 Å². The van der Waals surface area contributed by atoms with Crippen LogP contribution in [0, 0.1) is 23.7 Å².